The molecule has 0 aromatic heterocycles. The lowest BCUT2D eigenvalue weighted by Crippen LogP contribution is -2.26. The van der Waals surface area contributed by atoms with Crippen LogP contribution in [0.5, 0.6) is 0 Å². The number of hydrogen-bond acceptors (Lipinski definition) is 3. The third-order valence-electron chi connectivity index (χ3n) is 2.84. The molecule has 0 heterocycles. The Hall–Kier alpha value is -1.63. The summed E-state index contributed by atoms with van der Waals surface area (Å²) >= 11 is 5.88. The van der Waals surface area contributed by atoms with Crippen molar-refractivity contribution in [3.8, 4) is 0 Å². The SMILES string of the molecule is Nc1ccc(S(=O)(=O)NCCc2cccc(F)c2)c(Cl)c1. The topological polar surface area (TPSA) is 72.2 Å². The summed E-state index contributed by atoms with van der Waals surface area (Å²) in [7, 11) is -3.72. The fraction of sp³-hybridized carbons (Fsp3) is 0.143. The first kappa shape index (κ1) is 15.8. The number of benzene rings is 2. The lowest BCUT2D eigenvalue weighted by molar-refractivity contribution is 0.581. The Morgan fingerprint density at radius 1 is 1.19 bits per heavy atom. The molecule has 0 aliphatic heterocycles. The van der Waals surface area contributed by atoms with E-state index in [1.165, 1.54) is 30.3 Å². The number of nitrogens with two attached hydrogens (primary N) is 1. The van der Waals surface area contributed by atoms with Crippen LogP contribution in [-0.4, -0.2) is 15.0 Å². The van der Waals surface area contributed by atoms with Gasteiger partial charge < -0.3 is 5.73 Å². The van der Waals surface area contributed by atoms with Crippen LogP contribution in [0.15, 0.2) is 47.4 Å². The van der Waals surface area contributed by atoms with Gasteiger partial charge in [-0.15, -0.1) is 0 Å². The molecular weight excluding hydrogens is 315 g/mol. The Labute approximate surface area is 127 Å². The van der Waals surface area contributed by atoms with Crippen LogP contribution in [-0.2, 0) is 16.4 Å². The molecule has 0 fully saturated rings. The van der Waals surface area contributed by atoms with Crippen LogP contribution in [0.4, 0.5) is 10.1 Å². The van der Waals surface area contributed by atoms with Crippen molar-refractivity contribution in [3.05, 3.63) is 58.9 Å². The molecule has 21 heavy (non-hydrogen) atoms. The van der Waals surface area contributed by atoms with E-state index in [0.29, 0.717) is 17.7 Å². The third kappa shape index (κ3) is 4.17. The van der Waals surface area contributed by atoms with E-state index in [1.54, 1.807) is 12.1 Å². The smallest absolute Gasteiger partial charge is 0.242 e. The molecule has 4 nitrogen and oxygen atoms in total. The van der Waals surface area contributed by atoms with E-state index in [0.717, 1.165) is 0 Å². The summed E-state index contributed by atoms with van der Waals surface area (Å²) in [6.07, 6.45) is 0.379. The van der Waals surface area contributed by atoms with Gasteiger partial charge >= 0.3 is 0 Å². The minimum atomic E-state index is -3.72. The van der Waals surface area contributed by atoms with Gasteiger partial charge in [-0.2, -0.15) is 0 Å². The van der Waals surface area contributed by atoms with E-state index in [-0.39, 0.29) is 22.3 Å². The summed E-state index contributed by atoms with van der Waals surface area (Å²) in [5.74, 6) is -0.350. The Kier molecular flexibility index (Phi) is 4.82. The van der Waals surface area contributed by atoms with Crippen molar-refractivity contribution in [1.82, 2.24) is 4.72 Å². The molecule has 0 radical (unpaired) electrons. The maximum atomic E-state index is 13.0. The van der Waals surface area contributed by atoms with Crippen molar-refractivity contribution in [2.24, 2.45) is 0 Å². The van der Waals surface area contributed by atoms with Gasteiger partial charge in [0.05, 0.1) is 5.02 Å². The lowest BCUT2D eigenvalue weighted by atomic mass is 10.1. The summed E-state index contributed by atoms with van der Waals surface area (Å²) < 4.78 is 39.7. The standard InChI is InChI=1S/C14H14ClFN2O2S/c15-13-9-12(17)4-5-14(13)21(19,20)18-7-6-10-2-1-3-11(16)8-10/h1-5,8-9,18H,6-7,17H2. The van der Waals surface area contributed by atoms with Crippen LogP contribution in [0.25, 0.3) is 0 Å². The van der Waals surface area contributed by atoms with Gasteiger partial charge in [0, 0.05) is 12.2 Å². The van der Waals surface area contributed by atoms with Crippen molar-refractivity contribution in [2.45, 2.75) is 11.3 Å². The van der Waals surface area contributed by atoms with Gasteiger partial charge in [-0.3, -0.25) is 0 Å². The summed E-state index contributed by atoms with van der Waals surface area (Å²) in [5, 5.41) is 0.0632. The van der Waals surface area contributed by atoms with Crippen molar-refractivity contribution in [2.75, 3.05) is 12.3 Å². The summed E-state index contributed by atoms with van der Waals surface area (Å²) in [6.45, 7) is 0.145. The van der Waals surface area contributed by atoms with Gasteiger partial charge in [0.25, 0.3) is 0 Å². The Morgan fingerprint density at radius 3 is 2.62 bits per heavy atom. The maximum absolute atomic E-state index is 13.0. The van der Waals surface area contributed by atoms with Crippen LogP contribution in [0.2, 0.25) is 5.02 Å². The number of nitrogens with one attached hydrogen (secondary N) is 1. The van der Waals surface area contributed by atoms with Crippen LogP contribution in [0.3, 0.4) is 0 Å². The normalized spacial score (nSPS) is 11.5. The molecular formula is C14H14ClFN2O2S. The molecule has 2 aromatic carbocycles. The molecule has 0 atom stereocenters. The van der Waals surface area contributed by atoms with E-state index >= 15 is 0 Å². The van der Waals surface area contributed by atoms with E-state index < -0.39 is 10.0 Å². The van der Waals surface area contributed by atoms with Gasteiger partial charge in [-0.05, 0) is 42.3 Å². The quantitative estimate of drug-likeness (QED) is 0.829. The number of nitrogen functional groups attached to an aromatic ring is 1. The molecule has 0 aliphatic rings. The van der Waals surface area contributed by atoms with Gasteiger partial charge in [0.1, 0.15) is 10.7 Å². The number of anilines is 1. The highest BCUT2D eigenvalue weighted by atomic mass is 35.5. The number of rotatable bonds is 5. The fourth-order valence-electron chi connectivity index (χ4n) is 1.83. The first-order valence-corrected chi connectivity index (χ1v) is 8.04. The Balaban J connectivity index is 2.05. The second-order valence-electron chi connectivity index (χ2n) is 4.47. The highest BCUT2D eigenvalue weighted by Gasteiger charge is 2.17. The largest absolute Gasteiger partial charge is 0.399 e. The lowest BCUT2D eigenvalue weighted by Gasteiger charge is -2.09. The second-order valence-corrected chi connectivity index (χ2v) is 6.61. The van der Waals surface area contributed by atoms with Crippen LogP contribution in [0.1, 0.15) is 5.56 Å². The second kappa shape index (κ2) is 6.43. The summed E-state index contributed by atoms with van der Waals surface area (Å²) in [6, 6.07) is 10.2. The van der Waals surface area contributed by atoms with E-state index in [4.69, 9.17) is 17.3 Å². The minimum absolute atomic E-state index is 0.0300. The zero-order valence-corrected chi connectivity index (χ0v) is 12.6. The maximum Gasteiger partial charge on any atom is 0.242 e. The van der Waals surface area contributed by atoms with Gasteiger partial charge in [0.15, 0.2) is 0 Å². The monoisotopic (exact) mass is 328 g/mol. The predicted octanol–water partition coefficient (Wildman–Crippen LogP) is 2.58. The highest BCUT2D eigenvalue weighted by molar-refractivity contribution is 7.89. The molecule has 0 bridgehead atoms. The molecule has 3 N–H and O–H groups in total. The number of sulfonamides is 1. The van der Waals surface area contributed by atoms with Crippen molar-refractivity contribution in [1.29, 1.82) is 0 Å². The molecule has 0 saturated heterocycles. The average molecular weight is 329 g/mol. The molecule has 112 valence electrons. The van der Waals surface area contributed by atoms with Gasteiger partial charge in [-0.1, -0.05) is 23.7 Å². The molecule has 0 aliphatic carbocycles. The molecule has 0 saturated carbocycles. The van der Waals surface area contributed by atoms with Crippen molar-refractivity contribution >= 4 is 27.3 Å². The predicted molar refractivity (Wildman–Crippen MR) is 81.2 cm³/mol. The van der Waals surface area contributed by atoms with Crippen molar-refractivity contribution < 1.29 is 12.8 Å². The molecule has 0 unspecified atom stereocenters. The molecule has 0 amide bonds. The Bertz CT molecular complexity index is 750. The van der Waals surface area contributed by atoms with E-state index in [2.05, 4.69) is 4.72 Å². The average Bonchev–Trinajstić information content (AvgIpc) is 2.38. The first-order valence-electron chi connectivity index (χ1n) is 6.17. The van der Waals surface area contributed by atoms with Crippen LogP contribution < -0.4 is 10.5 Å². The molecule has 2 aromatic rings. The van der Waals surface area contributed by atoms with Crippen LogP contribution in [0, 0.1) is 5.82 Å². The highest BCUT2D eigenvalue weighted by Crippen LogP contribution is 2.23. The van der Waals surface area contributed by atoms with Crippen molar-refractivity contribution in [3.63, 3.8) is 0 Å². The summed E-state index contributed by atoms with van der Waals surface area (Å²) in [4.78, 5) is -0.0300. The fourth-order valence-corrected chi connectivity index (χ4v) is 3.42. The Morgan fingerprint density at radius 2 is 1.95 bits per heavy atom. The van der Waals surface area contributed by atoms with Crippen LogP contribution >= 0.6 is 11.6 Å². The molecule has 0 spiro atoms. The molecule has 7 heteroatoms. The zero-order valence-electron chi connectivity index (χ0n) is 11.0. The third-order valence-corrected chi connectivity index (χ3v) is 4.78. The molecule has 2 rings (SSSR count). The minimum Gasteiger partial charge on any atom is -0.399 e. The first-order chi connectivity index (χ1) is 9.88. The van der Waals surface area contributed by atoms with Gasteiger partial charge in [0.2, 0.25) is 10.0 Å². The summed E-state index contributed by atoms with van der Waals surface area (Å²) in [5.41, 5.74) is 6.62. The number of hydrogen-bond donors (Lipinski definition) is 2. The zero-order chi connectivity index (χ0) is 15.5. The van der Waals surface area contributed by atoms with E-state index in [1.807, 2.05) is 0 Å². The van der Waals surface area contributed by atoms with Gasteiger partial charge in [-0.25, -0.2) is 17.5 Å². The van der Waals surface area contributed by atoms with E-state index in [9.17, 15) is 12.8 Å². The number of halogens is 2.